The van der Waals surface area contributed by atoms with Crippen molar-refractivity contribution < 1.29 is 4.79 Å². The number of primary amides is 1. The third kappa shape index (κ3) is 3.05. The first kappa shape index (κ1) is 12.1. The van der Waals surface area contributed by atoms with E-state index in [1.54, 1.807) is 0 Å². The molecule has 1 aromatic carbocycles. The second-order valence-electron chi connectivity index (χ2n) is 4.65. The first-order valence-corrected chi connectivity index (χ1v) is 5.98. The molecule has 1 aromatic rings. The number of amides is 1. The number of benzene rings is 1. The molecule has 4 nitrogen and oxygen atoms in total. The van der Waals surface area contributed by atoms with Crippen molar-refractivity contribution in [2.75, 3.05) is 13.1 Å². The number of nitrogens with zero attached hydrogens (tertiary/aromatic N) is 1. The van der Waals surface area contributed by atoms with Crippen LogP contribution in [0.1, 0.15) is 17.5 Å². The van der Waals surface area contributed by atoms with E-state index in [0.29, 0.717) is 6.54 Å². The molecule has 4 N–H and O–H groups in total. The summed E-state index contributed by atoms with van der Waals surface area (Å²) in [5.74, 6) is -0.157. The maximum Gasteiger partial charge on any atom is 0.221 e. The topological polar surface area (TPSA) is 72.3 Å². The molecule has 0 aromatic heterocycles. The molecule has 0 saturated carbocycles. The summed E-state index contributed by atoms with van der Waals surface area (Å²) in [5, 5.41) is 0. The Morgan fingerprint density at radius 3 is 2.82 bits per heavy atom. The predicted octanol–water partition coefficient (Wildman–Crippen LogP) is 0.453. The molecule has 1 aliphatic heterocycles. The fraction of sp³-hybridized carbons (Fsp3) is 0.462. The molecule has 1 heterocycles. The third-order valence-corrected chi connectivity index (χ3v) is 3.31. The normalized spacial score (nSPS) is 20.6. The minimum absolute atomic E-state index is 0.0210. The Labute approximate surface area is 102 Å². The Hall–Kier alpha value is -1.39. The molecule has 0 spiro atoms. The van der Waals surface area contributed by atoms with E-state index < -0.39 is 0 Å². The second-order valence-corrected chi connectivity index (χ2v) is 4.65. The van der Waals surface area contributed by atoms with E-state index in [1.807, 2.05) is 12.1 Å². The van der Waals surface area contributed by atoms with E-state index in [4.69, 9.17) is 11.5 Å². The second kappa shape index (κ2) is 5.29. The van der Waals surface area contributed by atoms with Crippen LogP contribution in [0, 0.1) is 5.92 Å². The van der Waals surface area contributed by atoms with E-state index in [9.17, 15) is 4.79 Å². The van der Waals surface area contributed by atoms with Crippen LogP contribution in [-0.2, 0) is 17.9 Å². The zero-order chi connectivity index (χ0) is 12.3. The predicted molar refractivity (Wildman–Crippen MR) is 66.9 cm³/mol. The Kier molecular flexibility index (Phi) is 3.76. The standard InChI is InChI=1S/C13H19N3O/c14-7-10-2-1-3-11(6-10)8-16-5-4-12(9-16)13(15)17/h1-3,6,12H,4-5,7-9,14H2,(H2,15,17). The van der Waals surface area contributed by atoms with Crippen LogP contribution in [0.25, 0.3) is 0 Å². The van der Waals surface area contributed by atoms with Gasteiger partial charge in [-0.05, 0) is 24.1 Å². The van der Waals surface area contributed by atoms with Gasteiger partial charge in [-0.3, -0.25) is 9.69 Å². The fourth-order valence-electron chi connectivity index (χ4n) is 2.32. The van der Waals surface area contributed by atoms with Crippen molar-refractivity contribution in [2.24, 2.45) is 17.4 Å². The van der Waals surface area contributed by atoms with Gasteiger partial charge in [0, 0.05) is 19.6 Å². The highest BCUT2D eigenvalue weighted by molar-refractivity contribution is 5.77. The van der Waals surface area contributed by atoms with Crippen molar-refractivity contribution in [1.82, 2.24) is 4.90 Å². The first-order valence-electron chi connectivity index (χ1n) is 5.98. The van der Waals surface area contributed by atoms with Crippen molar-refractivity contribution >= 4 is 5.91 Å². The summed E-state index contributed by atoms with van der Waals surface area (Å²) in [7, 11) is 0. The molecule has 92 valence electrons. The average Bonchev–Trinajstić information content (AvgIpc) is 2.78. The Morgan fingerprint density at radius 2 is 2.18 bits per heavy atom. The molecule has 1 amide bonds. The fourth-order valence-corrected chi connectivity index (χ4v) is 2.32. The van der Waals surface area contributed by atoms with Crippen LogP contribution < -0.4 is 11.5 Å². The molecule has 1 atom stereocenters. The monoisotopic (exact) mass is 233 g/mol. The van der Waals surface area contributed by atoms with Crippen LogP contribution in [0.4, 0.5) is 0 Å². The number of likely N-dealkylation sites (tertiary alicyclic amines) is 1. The molecule has 1 unspecified atom stereocenters. The molecule has 0 radical (unpaired) electrons. The van der Waals surface area contributed by atoms with E-state index >= 15 is 0 Å². The largest absolute Gasteiger partial charge is 0.369 e. The summed E-state index contributed by atoms with van der Waals surface area (Å²) >= 11 is 0. The van der Waals surface area contributed by atoms with Crippen molar-refractivity contribution in [3.05, 3.63) is 35.4 Å². The molecule has 17 heavy (non-hydrogen) atoms. The zero-order valence-corrected chi connectivity index (χ0v) is 9.93. The summed E-state index contributed by atoms with van der Waals surface area (Å²) in [4.78, 5) is 13.3. The summed E-state index contributed by atoms with van der Waals surface area (Å²) in [6.45, 7) is 3.16. The highest BCUT2D eigenvalue weighted by Crippen LogP contribution is 2.18. The Balaban J connectivity index is 1.95. The van der Waals surface area contributed by atoms with Gasteiger partial charge in [-0.2, -0.15) is 0 Å². The maximum atomic E-state index is 11.1. The van der Waals surface area contributed by atoms with Gasteiger partial charge >= 0.3 is 0 Å². The molecule has 1 fully saturated rings. The van der Waals surface area contributed by atoms with Crippen LogP contribution in [0.3, 0.4) is 0 Å². The molecule has 1 saturated heterocycles. The van der Waals surface area contributed by atoms with Crippen LogP contribution in [0.15, 0.2) is 24.3 Å². The third-order valence-electron chi connectivity index (χ3n) is 3.31. The Morgan fingerprint density at radius 1 is 1.41 bits per heavy atom. The lowest BCUT2D eigenvalue weighted by atomic mass is 10.1. The zero-order valence-electron chi connectivity index (χ0n) is 9.93. The van der Waals surface area contributed by atoms with E-state index in [1.165, 1.54) is 5.56 Å². The summed E-state index contributed by atoms with van der Waals surface area (Å²) in [5.41, 5.74) is 13.3. The van der Waals surface area contributed by atoms with Gasteiger partial charge in [-0.25, -0.2) is 0 Å². The minimum Gasteiger partial charge on any atom is -0.369 e. The molecule has 0 bridgehead atoms. The van der Waals surface area contributed by atoms with Gasteiger partial charge < -0.3 is 11.5 Å². The van der Waals surface area contributed by atoms with Crippen molar-refractivity contribution in [3.8, 4) is 0 Å². The van der Waals surface area contributed by atoms with Gasteiger partial charge in [0.1, 0.15) is 0 Å². The molecule has 1 aliphatic rings. The molecule has 2 rings (SSSR count). The smallest absolute Gasteiger partial charge is 0.221 e. The first-order chi connectivity index (χ1) is 8.19. The highest BCUT2D eigenvalue weighted by Gasteiger charge is 2.26. The number of hydrogen-bond donors (Lipinski definition) is 2. The van der Waals surface area contributed by atoms with Crippen molar-refractivity contribution in [1.29, 1.82) is 0 Å². The lowest BCUT2D eigenvalue weighted by Gasteiger charge is -2.15. The summed E-state index contributed by atoms with van der Waals surface area (Å²) in [6, 6.07) is 8.27. The lowest BCUT2D eigenvalue weighted by Crippen LogP contribution is -2.27. The van der Waals surface area contributed by atoms with Gasteiger partial charge in [0.2, 0.25) is 5.91 Å². The van der Waals surface area contributed by atoms with E-state index in [0.717, 1.165) is 31.6 Å². The van der Waals surface area contributed by atoms with Gasteiger partial charge in [-0.15, -0.1) is 0 Å². The number of rotatable bonds is 4. The van der Waals surface area contributed by atoms with Crippen LogP contribution in [0.5, 0.6) is 0 Å². The van der Waals surface area contributed by atoms with Gasteiger partial charge in [-0.1, -0.05) is 24.3 Å². The minimum atomic E-state index is -0.178. The van der Waals surface area contributed by atoms with Gasteiger partial charge in [0.25, 0.3) is 0 Å². The van der Waals surface area contributed by atoms with Crippen LogP contribution in [0.2, 0.25) is 0 Å². The lowest BCUT2D eigenvalue weighted by molar-refractivity contribution is -0.121. The highest BCUT2D eigenvalue weighted by atomic mass is 16.1. The number of carbonyl (C=O) groups excluding carboxylic acids is 1. The average molecular weight is 233 g/mol. The van der Waals surface area contributed by atoms with E-state index in [-0.39, 0.29) is 11.8 Å². The van der Waals surface area contributed by atoms with Gasteiger partial charge in [0.05, 0.1) is 5.92 Å². The summed E-state index contributed by atoms with van der Waals surface area (Å²) in [6.07, 6.45) is 0.881. The Bertz CT molecular complexity index is 405. The summed E-state index contributed by atoms with van der Waals surface area (Å²) < 4.78 is 0. The molecular formula is C13H19N3O. The molecule has 4 heteroatoms. The molecular weight excluding hydrogens is 214 g/mol. The SMILES string of the molecule is NCc1cccc(CN2CCC(C(N)=O)C2)c1. The van der Waals surface area contributed by atoms with Gasteiger partial charge in [0.15, 0.2) is 0 Å². The van der Waals surface area contributed by atoms with Crippen LogP contribution in [-0.4, -0.2) is 23.9 Å². The number of nitrogens with two attached hydrogens (primary N) is 2. The quantitative estimate of drug-likeness (QED) is 0.793. The van der Waals surface area contributed by atoms with Crippen molar-refractivity contribution in [3.63, 3.8) is 0 Å². The maximum absolute atomic E-state index is 11.1. The molecule has 0 aliphatic carbocycles. The number of hydrogen-bond acceptors (Lipinski definition) is 3. The number of carbonyl (C=O) groups is 1. The van der Waals surface area contributed by atoms with Crippen LogP contribution >= 0.6 is 0 Å². The van der Waals surface area contributed by atoms with Crippen molar-refractivity contribution in [2.45, 2.75) is 19.5 Å². The van der Waals surface area contributed by atoms with E-state index in [2.05, 4.69) is 17.0 Å².